The number of unbranched alkanes of at least 4 members (excludes halogenated alkanes) is 1. The molecule has 22 heavy (non-hydrogen) atoms. The van der Waals surface area contributed by atoms with Crippen molar-refractivity contribution in [1.29, 1.82) is 0 Å². The number of ether oxygens (including phenoxy) is 1. The Bertz CT molecular complexity index is 481. The summed E-state index contributed by atoms with van der Waals surface area (Å²) >= 11 is 0. The van der Waals surface area contributed by atoms with E-state index in [1.165, 1.54) is 26.4 Å². The number of carbonyl (C=O) groups excluding carboxylic acids is 1. The number of nitrogens with one attached hydrogen (secondary N) is 1. The zero-order valence-electron chi connectivity index (χ0n) is 12.8. The van der Waals surface area contributed by atoms with Gasteiger partial charge in [0.15, 0.2) is 0 Å². The van der Waals surface area contributed by atoms with Gasteiger partial charge >= 0.3 is 6.09 Å². The van der Waals surface area contributed by atoms with Crippen molar-refractivity contribution in [1.82, 2.24) is 9.88 Å². The van der Waals surface area contributed by atoms with Crippen molar-refractivity contribution < 1.29 is 9.53 Å². The first kappa shape index (κ1) is 19.8. The molecule has 0 unspecified atom stereocenters. The molecule has 2 aromatic rings. The molecular weight excluding hydrogens is 276 g/mol. The number of nitrogens with zero attached hydrogens (tertiary/aromatic N) is 1. The van der Waals surface area contributed by atoms with Crippen LogP contribution >= 0.6 is 0 Å². The number of aromatic nitrogens is 1. The minimum Gasteiger partial charge on any atom is -0.445 e. The molecular formula is C18H28N2O2. The molecule has 1 heterocycles. The van der Waals surface area contributed by atoms with E-state index in [4.69, 9.17) is 4.74 Å². The van der Waals surface area contributed by atoms with E-state index >= 15 is 0 Å². The number of rotatable bonds is 5. The average Bonchev–Trinajstić information content (AvgIpc) is 3.05. The fourth-order valence-electron chi connectivity index (χ4n) is 1.66. The molecule has 0 aliphatic carbocycles. The van der Waals surface area contributed by atoms with Gasteiger partial charge < -0.3 is 14.6 Å². The SMILES string of the molecule is C.CCCCn1cccc1.CNC(=O)OCc1ccccc1. The van der Waals surface area contributed by atoms with Crippen LogP contribution in [-0.2, 0) is 17.9 Å². The maximum Gasteiger partial charge on any atom is 0.407 e. The Morgan fingerprint density at radius 1 is 1.14 bits per heavy atom. The summed E-state index contributed by atoms with van der Waals surface area (Å²) in [6.45, 7) is 3.70. The monoisotopic (exact) mass is 304 g/mol. The van der Waals surface area contributed by atoms with Crippen LogP contribution in [0.25, 0.3) is 0 Å². The molecule has 1 aromatic heterocycles. The van der Waals surface area contributed by atoms with E-state index < -0.39 is 6.09 Å². The molecule has 1 aromatic carbocycles. The van der Waals surface area contributed by atoms with Crippen LogP contribution < -0.4 is 5.32 Å². The highest BCUT2D eigenvalue weighted by molar-refractivity contribution is 5.66. The van der Waals surface area contributed by atoms with Crippen molar-refractivity contribution >= 4 is 6.09 Å². The predicted octanol–water partition coefficient (Wildman–Crippen LogP) is 4.47. The smallest absolute Gasteiger partial charge is 0.407 e. The Balaban J connectivity index is 0.000000397. The molecule has 1 amide bonds. The van der Waals surface area contributed by atoms with E-state index in [1.54, 1.807) is 0 Å². The fraction of sp³-hybridized carbons (Fsp3) is 0.389. The van der Waals surface area contributed by atoms with Gasteiger partial charge in [0.2, 0.25) is 0 Å². The number of alkyl carbamates (subject to hydrolysis) is 1. The van der Waals surface area contributed by atoms with Gasteiger partial charge in [-0.25, -0.2) is 4.79 Å². The van der Waals surface area contributed by atoms with E-state index in [2.05, 4.69) is 41.3 Å². The van der Waals surface area contributed by atoms with Gasteiger partial charge in [-0.3, -0.25) is 0 Å². The second kappa shape index (κ2) is 12.5. The van der Waals surface area contributed by atoms with Crippen LogP contribution in [0.4, 0.5) is 4.79 Å². The normalized spacial score (nSPS) is 9.00. The van der Waals surface area contributed by atoms with Gasteiger partial charge in [0.05, 0.1) is 0 Å². The van der Waals surface area contributed by atoms with Gasteiger partial charge in [-0.15, -0.1) is 0 Å². The molecule has 0 radical (unpaired) electrons. The average molecular weight is 304 g/mol. The highest BCUT2D eigenvalue weighted by Gasteiger charge is 1.96. The predicted molar refractivity (Wildman–Crippen MR) is 91.8 cm³/mol. The van der Waals surface area contributed by atoms with E-state index in [1.807, 2.05) is 30.3 Å². The molecule has 0 saturated carbocycles. The third-order valence-corrected chi connectivity index (χ3v) is 2.85. The number of hydrogen-bond acceptors (Lipinski definition) is 2. The first-order chi connectivity index (χ1) is 10.3. The molecule has 0 aliphatic heterocycles. The second-order valence-corrected chi connectivity index (χ2v) is 4.59. The van der Waals surface area contributed by atoms with Crippen LogP contribution in [-0.4, -0.2) is 17.7 Å². The third-order valence-electron chi connectivity index (χ3n) is 2.85. The Hall–Kier alpha value is -2.23. The van der Waals surface area contributed by atoms with Gasteiger partial charge in [-0.05, 0) is 24.1 Å². The van der Waals surface area contributed by atoms with Gasteiger partial charge in [0.1, 0.15) is 6.61 Å². The van der Waals surface area contributed by atoms with Gasteiger partial charge in [-0.1, -0.05) is 51.1 Å². The molecule has 4 nitrogen and oxygen atoms in total. The van der Waals surface area contributed by atoms with Crippen molar-refractivity contribution in [2.24, 2.45) is 0 Å². The van der Waals surface area contributed by atoms with E-state index in [0.29, 0.717) is 6.61 Å². The van der Waals surface area contributed by atoms with Gasteiger partial charge in [-0.2, -0.15) is 0 Å². The van der Waals surface area contributed by atoms with Crippen LogP contribution in [0.15, 0.2) is 54.9 Å². The minimum atomic E-state index is -0.404. The summed E-state index contributed by atoms with van der Waals surface area (Å²) < 4.78 is 7.04. The maximum absolute atomic E-state index is 10.7. The van der Waals surface area contributed by atoms with Crippen LogP contribution in [0.1, 0.15) is 32.8 Å². The Labute approximate surface area is 134 Å². The lowest BCUT2D eigenvalue weighted by Gasteiger charge is -2.02. The van der Waals surface area contributed by atoms with Crippen molar-refractivity contribution in [3.8, 4) is 0 Å². The highest BCUT2D eigenvalue weighted by Crippen LogP contribution is 1.99. The minimum absolute atomic E-state index is 0. The molecule has 122 valence electrons. The molecule has 0 bridgehead atoms. The Morgan fingerprint density at radius 2 is 1.77 bits per heavy atom. The molecule has 1 N–H and O–H groups in total. The summed E-state index contributed by atoms with van der Waals surface area (Å²) in [5.74, 6) is 0. The summed E-state index contributed by atoms with van der Waals surface area (Å²) in [7, 11) is 1.54. The second-order valence-electron chi connectivity index (χ2n) is 4.59. The van der Waals surface area contributed by atoms with Crippen LogP contribution in [0.2, 0.25) is 0 Å². The Kier molecular flexibility index (Phi) is 11.2. The number of carbonyl (C=O) groups is 1. The maximum atomic E-state index is 10.7. The molecule has 0 fully saturated rings. The summed E-state index contributed by atoms with van der Waals surface area (Å²) in [6.07, 6.45) is 6.37. The number of aryl methyl sites for hydroxylation is 1. The molecule has 0 saturated heterocycles. The molecule has 0 atom stereocenters. The molecule has 2 rings (SSSR count). The zero-order chi connectivity index (χ0) is 15.3. The van der Waals surface area contributed by atoms with Gasteiger partial charge in [0, 0.05) is 26.0 Å². The van der Waals surface area contributed by atoms with E-state index in [9.17, 15) is 4.79 Å². The highest BCUT2D eigenvalue weighted by atomic mass is 16.5. The lowest BCUT2D eigenvalue weighted by atomic mass is 10.2. The first-order valence-electron chi connectivity index (χ1n) is 7.25. The van der Waals surface area contributed by atoms with Crippen molar-refractivity contribution in [3.05, 3.63) is 60.4 Å². The fourth-order valence-corrected chi connectivity index (χ4v) is 1.66. The van der Waals surface area contributed by atoms with Gasteiger partial charge in [0.25, 0.3) is 0 Å². The number of hydrogen-bond donors (Lipinski definition) is 1. The van der Waals surface area contributed by atoms with E-state index in [-0.39, 0.29) is 7.43 Å². The first-order valence-corrected chi connectivity index (χ1v) is 7.25. The third kappa shape index (κ3) is 8.84. The number of benzene rings is 1. The standard InChI is InChI=1S/C9H11NO2.C8H13N.CH4/c1-10-9(11)12-7-8-5-3-2-4-6-8;1-2-3-6-9-7-4-5-8-9;/h2-6H,7H2,1H3,(H,10,11);4-5,7-8H,2-3,6H2,1H3;1H4. The van der Waals surface area contributed by atoms with E-state index in [0.717, 1.165) is 5.56 Å². The summed E-state index contributed by atoms with van der Waals surface area (Å²) in [4.78, 5) is 10.7. The van der Waals surface area contributed by atoms with Crippen LogP contribution in [0.5, 0.6) is 0 Å². The molecule has 4 heteroatoms. The van der Waals surface area contributed by atoms with Crippen molar-refractivity contribution in [3.63, 3.8) is 0 Å². The zero-order valence-corrected chi connectivity index (χ0v) is 12.8. The van der Waals surface area contributed by atoms with Crippen molar-refractivity contribution in [2.45, 2.75) is 40.3 Å². The number of amides is 1. The van der Waals surface area contributed by atoms with Crippen LogP contribution in [0.3, 0.4) is 0 Å². The topological polar surface area (TPSA) is 43.3 Å². The quantitative estimate of drug-likeness (QED) is 0.885. The van der Waals surface area contributed by atoms with Crippen LogP contribution in [0, 0.1) is 0 Å². The summed E-state index contributed by atoms with van der Waals surface area (Å²) in [5.41, 5.74) is 0.987. The largest absolute Gasteiger partial charge is 0.445 e. The Morgan fingerprint density at radius 3 is 2.32 bits per heavy atom. The molecule has 0 aliphatic rings. The lowest BCUT2D eigenvalue weighted by molar-refractivity contribution is 0.142. The lowest BCUT2D eigenvalue weighted by Crippen LogP contribution is -2.18. The molecule has 0 spiro atoms. The van der Waals surface area contributed by atoms with Crippen molar-refractivity contribution in [2.75, 3.05) is 7.05 Å². The summed E-state index contributed by atoms with van der Waals surface area (Å²) in [6, 6.07) is 13.7. The summed E-state index contributed by atoms with van der Waals surface area (Å²) in [5, 5.41) is 2.37.